The Kier molecular flexibility index (Phi) is 10.3. The summed E-state index contributed by atoms with van der Waals surface area (Å²) in [6.45, 7) is 6.13. The molecule has 38 heavy (non-hydrogen) atoms. The monoisotopic (exact) mass is 553 g/mol. The molecule has 0 aromatic carbocycles. The zero-order valence-electron chi connectivity index (χ0n) is 20.0. The Balaban J connectivity index is 0.000000301. The molecule has 9 nitrogen and oxygen atoms in total. The first kappa shape index (κ1) is 30.6. The largest absolute Gasteiger partial charge is 0.490 e. The number of alkyl halides is 6. The lowest BCUT2D eigenvalue weighted by Crippen LogP contribution is -2.44. The van der Waals surface area contributed by atoms with Crippen molar-refractivity contribution in [3.05, 3.63) is 53.7 Å². The van der Waals surface area contributed by atoms with Crippen LogP contribution in [0.3, 0.4) is 0 Å². The molecule has 1 amide bonds. The van der Waals surface area contributed by atoms with Crippen LogP contribution in [0.5, 0.6) is 0 Å². The molecule has 0 unspecified atom stereocenters. The highest BCUT2D eigenvalue weighted by atomic mass is 19.4. The number of pyridine rings is 1. The maximum absolute atomic E-state index is 12.9. The molecule has 2 aliphatic heterocycles. The zero-order valence-corrected chi connectivity index (χ0v) is 20.0. The quantitative estimate of drug-likeness (QED) is 0.549. The van der Waals surface area contributed by atoms with E-state index in [2.05, 4.69) is 9.88 Å². The first-order valence-corrected chi connectivity index (χ1v) is 11.1. The Morgan fingerprint density at radius 2 is 1.63 bits per heavy atom. The summed E-state index contributed by atoms with van der Waals surface area (Å²) in [5.74, 6) is -2.66. The molecule has 0 spiro atoms. The predicted octanol–water partition coefficient (Wildman–Crippen LogP) is 3.73. The van der Waals surface area contributed by atoms with E-state index in [4.69, 9.17) is 24.2 Å². The van der Waals surface area contributed by atoms with E-state index in [-0.39, 0.29) is 5.92 Å². The second-order valence-corrected chi connectivity index (χ2v) is 8.59. The van der Waals surface area contributed by atoms with Crippen LogP contribution < -0.4 is 0 Å². The number of rotatable bonds is 4. The van der Waals surface area contributed by atoms with Gasteiger partial charge >= 0.3 is 24.3 Å². The van der Waals surface area contributed by atoms with E-state index in [1.165, 1.54) is 0 Å². The van der Waals surface area contributed by atoms with Crippen molar-refractivity contribution in [2.75, 3.05) is 19.6 Å². The normalized spacial score (nSPS) is 19.6. The van der Waals surface area contributed by atoms with Crippen LogP contribution >= 0.6 is 0 Å². The van der Waals surface area contributed by atoms with Crippen LogP contribution in [0.2, 0.25) is 0 Å². The van der Waals surface area contributed by atoms with Crippen LogP contribution in [0.1, 0.15) is 23.5 Å². The number of amides is 1. The summed E-state index contributed by atoms with van der Waals surface area (Å²) in [6, 6.07) is 7.99. The van der Waals surface area contributed by atoms with Crippen molar-refractivity contribution in [3.8, 4) is 0 Å². The van der Waals surface area contributed by atoms with Crippen LogP contribution in [-0.2, 0) is 27.5 Å². The summed E-state index contributed by atoms with van der Waals surface area (Å²) in [6.07, 6.45) is -5.47. The Hall–Kier alpha value is -3.62. The fourth-order valence-corrected chi connectivity index (χ4v) is 3.99. The average Bonchev–Trinajstić information content (AvgIpc) is 3.42. The van der Waals surface area contributed by atoms with Crippen LogP contribution in [0, 0.1) is 18.8 Å². The molecular weight excluding hydrogens is 528 g/mol. The predicted molar refractivity (Wildman–Crippen MR) is 117 cm³/mol. The summed E-state index contributed by atoms with van der Waals surface area (Å²) in [5.41, 5.74) is 1.10. The van der Waals surface area contributed by atoms with Gasteiger partial charge in [-0.05, 0) is 43.0 Å². The van der Waals surface area contributed by atoms with Crippen LogP contribution in [0.15, 0.2) is 41.1 Å². The number of aryl methyl sites for hydroxylation is 1. The number of nitrogens with zero attached hydrogens (tertiary/aromatic N) is 3. The maximum Gasteiger partial charge on any atom is 0.490 e. The SMILES string of the molecule is Cc1ccc(CN2C[C@@H]3CCN(Cc4cccnc4)C(=O)[C@H]3C2)o1.O=C(O)C(F)(F)F.O=C(O)C(F)(F)F. The molecule has 0 aliphatic carbocycles. The van der Waals surface area contributed by atoms with E-state index in [1.807, 2.05) is 42.3 Å². The van der Waals surface area contributed by atoms with Crippen LogP contribution in [0.4, 0.5) is 26.3 Å². The van der Waals surface area contributed by atoms with Gasteiger partial charge in [0.05, 0.1) is 12.5 Å². The van der Waals surface area contributed by atoms with Crippen molar-refractivity contribution in [3.63, 3.8) is 0 Å². The van der Waals surface area contributed by atoms with E-state index in [1.54, 1.807) is 6.20 Å². The van der Waals surface area contributed by atoms with E-state index in [9.17, 15) is 31.1 Å². The van der Waals surface area contributed by atoms with Crippen molar-refractivity contribution in [2.45, 2.75) is 38.8 Å². The van der Waals surface area contributed by atoms with E-state index >= 15 is 0 Å². The minimum Gasteiger partial charge on any atom is -0.475 e. The fourth-order valence-electron chi connectivity index (χ4n) is 3.99. The Morgan fingerprint density at radius 3 is 2.11 bits per heavy atom. The van der Waals surface area contributed by atoms with Crippen LogP contribution in [0.25, 0.3) is 0 Å². The molecule has 210 valence electrons. The number of hydrogen-bond donors (Lipinski definition) is 2. The second kappa shape index (κ2) is 12.8. The number of carboxylic acids is 2. The Morgan fingerprint density at radius 1 is 1.03 bits per heavy atom. The number of hydrogen-bond acceptors (Lipinski definition) is 6. The van der Waals surface area contributed by atoms with Crippen molar-refractivity contribution >= 4 is 17.8 Å². The molecule has 15 heteroatoms. The van der Waals surface area contributed by atoms with Crippen LogP contribution in [-0.4, -0.2) is 74.8 Å². The second-order valence-electron chi connectivity index (χ2n) is 8.59. The molecule has 4 heterocycles. The number of furan rings is 1. The van der Waals surface area contributed by atoms with Crippen molar-refractivity contribution in [2.24, 2.45) is 11.8 Å². The van der Waals surface area contributed by atoms with Gasteiger partial charge in [-0.3, -0.25) is 14.7 Å². The average molecular weight is 553 g/mol. The molecule has 2 aliphatic rings. The molecule has 0 radical (unpaired) electrons. The van der Waals surface area contributed by atoms with E-state index in [0.717, 1.165) is 49.7 Å². The first-order valence-electron chi connectivity index (χ1n) is 11.1. The number of aliphatic carboxylic acids is 2. The summed E-state index contributed by atoms with van der Waals surface area (Å²) in [5, 5.41) is 14.2. The van der Waals surface area contributed by atoms with Gasteiger partial charge in [0.15, 0.2) is 0 Å². The van der Waals surface area contributed by atoms with Crippen molar-refractivity contribution in [1.82, 2.24) is 14.8 Å². The topological polar surface area (TPSA) is 124 Å². The summed E-state index contributed by atoms with van der Waals surface area (Å²) in [4.78, 5) is 39.2. The van der Waals surface area contributed by atoms with Gasteiger partial charge in [0, 0.05) is 38.6 Å². The molecule has 2 N–H and O–H groups in total. The summed E-state index contributed by atoms with van der Waals surface area (Å²) < 4.78 is 69.2. The third-order valence-electron chi connectivity index (χ3n) is 5.67. The molecule has 2 aromatic heterocycles. The lowest BCUT2D eigenvalue weighted by atomic mass is 9.88. The minimum atomic E-state index is -5.08. The van der Waals surface area contributed by atoms with Gasteiger partial charge in [-0.15, -0.1) is 0 Å². The van der Waals surface area contributed by atoms with Crippen molar-refractivity contribution in [1.29, 1.82) is 0 Å². The van der Waals surface area contributed by atoms with Gasteiger partial charge in [-0.25, -0.2) is 9.59 Å². The number of likely N-dealkylation sites (tertiary alicyclic amines) is 2. The molecule has 4 rings (SSSR count). The maximum atomic E-state index is 12.9. The summed E-state index contributed by atoms with van der Waals surface area (Å²) >= 11 is 0. The lowest BCUT2D eigenvalue weighted by molar-refractivity contribution is -0.193. The van der Waals surface area contributed by atoms with E-state index in [0.29, 0.717) is 18.4 Å². The number of halogens is 6. The van der Waals surface area contributed by atoms with Gasteiger partial charge in [0.2, 0.25) is 5.91 Å². The molecular formula is C23H25F6N3O6. The number of aromatic nitrogens is 1. The zero-order chi connectivity index (χ0) is 28.7. The number of carbonyl (C=O) groups excluding carboxylic acids is 1. The smallest absolute Gasteiger partial charge is 0.475 e. The highest BCUT2D eigenvalue weighted by molar-refractivity contribution is 5.80. The molecule has 2 aromatic rings. The van der Waals surface area contributed by atoms with Gasteiger partial charge in [-0.2, -0.15) is 26.3 Å². The Bertz CT molecular complexity index is 1070. The Labute approximate surface area is 212 Å². The van der Waals surface area contributed by atoms with Gasteiger partial charge < -0.3 is 19.5 Å². The van der Waals surface area contributed by atoms with Gasteiger partial charge in [0.25, 0.3) is 0 Å². The molecule has 2 saturated heterocycles. The molecule has 0 bridgehead atoms. The van der Waals surface area contributed by atoms with Gasteiger partial charge in [-0.1, -0.05) is 6.07 Å². The first-order chi connectivity index (χ1) is 17.6. The standard InChI is InChI=1S/C19H23N3O2.2C2HF3O2/c1-14-4-5-17(24-14)12-21-11-16-6-8-22(19(23)18(16)13-21)10-15-3-2-7-20-9-15;2*3-2(4,5)1(6)7/h2-5,7,9,16,18H,6,8,10-13H2,1H3;2*(H,6,7)/t16-,18-;;/m0../s1. The minimum absolute atomic E-state index is 0.131. The lowest BCUT2D eigenvalue weighted by Gasteiger charge is -2.33. The summed E-state index contributed by atoms with van der Waals surface area (Å²) in [7, 11) is 0. The number of fused-ring (bicyclic) bond motifs is 1. The highest BCUT2D eigenvalue weighted by Gasteiger charge is 2.43. The molecule has 2 atom stereocenters. The van der Waals surface area contributed by atoms with Gasteiger partial charge in [0.1, 0.15) is 11.5 Å². The number of carboxylic acid groups (broad SMARTS) is 2. The highest BCUT2D eigenvalue weighted by Crippen LogP contribution is 2.33. The van der Waals surface area contributed by atoms with Crippen molar-refractivity contribution < 1.29 is 55.4 Å². The number of carbonyl (C=O) groups is 3. The third-order valence-corrected chi connectivity index (χ3v) is 5.67. The third kappa shape index (κ3) is 9.36. The molecule has 0 saturated carbocycles. The fraction of sp³-hybridized carbons (Fsp3) is 0.478. The number of piperidine rings is 1. The van der Waals surface area contributed by atoms with E-state index < -0.39 is 24.3 Å². The molecule has 2 fully saturated rings.